The first kappa shape index (κ1) is 16.7. The van der Waals surface area contributed by atoms with Gasteiger partial charge in [-0.15, -0.1) is 0 Å². The molecule has 4 nitrogen and oxygen atoms in total. The Bertz CT molecular complexity index is 251. The standard InChI is InChI=1S/C18H32O4/c1-2-8-16-15(7-1)19-11-5-13-21-17-9-3-4-10-18(17)22-14-6-12-20-16/h15-18H,1-14H2/t15-,16+,17-,18+. The Balaban J connectivity index is 1.50. The van der Waals surface area contributed by atoms with Crippen LogP contribution < -0.4 is 0 Å². The Kier molecular flexibility index (Phi) is 6.99. The van der Waals surface area contributed by atoms with Crippen LogP contribution in [0.3, 0.4) is 0 Å². The average Bonchev–Trinajstić information content (AvgIpc) is 2.56. The van der Waals surface area contributed by atoms with Gasteiger partial charge in [-0.2, -0.15) is 0 Å². The molecule has 22 heavy (non-hydrogen) atoms. The second kappa shape index (κ2) is 9.21. The molecule has 0 N–H and O–H groups in total. The molecule has 0 aromatic heterocycles. The fraction of sp³-hybridized carbons (Fsp3) is 1.00. The molecule has 1 heterocycles. The van der Waals surface area contributed by atoms with E-state index in [2.05, 4.69) is 0 Å². The third kappa shape index (κ3) is 4.92. The maximum absolute atomic E-state index is 6.09. The largest absolute Gasteiger partial charge is 0.375 e. The van der Waals surface area contributed by atoms with Crippen molar-refractivity contribution < 1.29 is 18.9 Å². The van der Waals surface area contributed by atoms with Crippen molar-refractivity contribution in [2.75, 3.05) is 26.4 Å². The van der Waals surface area contributed by atoms with Crippen molar-refractivity contribution in [1.29, 1.82) is 0 Å². The van der Waals surface area contributed by atoms with Crippen LogP contribution in [0.25, 0.3) is 0 Å². The molecule has 2 saturated carbocycles. The summed E-state index contributed by atoms with van der Waals surface area (Å²) in [4.78, 5) is 0. The van der Waals surface area contributed by atoms with Crippen LogP contribution >= 0.6 is 0 Å². The maximum Gasteiger partial charge on any atom is 0.0836 e. The third-order valence-electron chi connectivity index (χ3n) is 5.19. The van der Waals surface area contributed by atoms with Crippen molar-refractivity contribution >= 4 is 0 Å². The Labute approximate surface area is 134 Å². The Morgan fingerprint density at radius 1 is 0.364 bits per heavy atom. The van der Waals surface area contributed by atoms with Gasteiger partial charge in [-0.1, -0.05) is 25.7 Å². The van der Waals surface area contributed by atoms with E-state index >= 15 is 0 Å². The first-order valence-corrected chi connectivity index (χ1v) is 9.40. The quantitative estimate of drug-likeness (QED) is 0.686. The summed E-state index contributed by atoms with van der Waals surface area (Å²) in [5.41, 5.74) is 0. The van der Waals surface area contributed by atoms with Gasteiger partial charge in [-0.05, 0) is 38.5 Å². The second-order valence-corrected chi connectivity index (χ2v) is 6.91. The van der Waals surface area contributed by atoms with E-state index in [0.717, 1.165) is 65.0 Å². The molecular formula is C18H32O4. The summed E-state index contributed by atoms with van der Waals surface area (Å²) in [5, 5.41) is 0. The van der Waals surface area contributed by atoms with Gasteiger partial charge in [-0.3, -0.25) is 0 Å². The molecule has 3 fully saturated rings. The van der Waals surface area contributed by atoms with Gasteiger partial charge in [0, 0.05) is 26.4 Å². The topological polar surface area (TPSA) is 36.9 Å². The third-order valence-corrected chi connectivity index (χ3v) is 5.19. The van der Waals surface area contributed by atoms with Crippen LogP contribution in [-0.4, -0.2) is 50.8 Å². The van der Waals surface area contributed by atoms with Crippen molar-refractivity contribution in [3.8, 4) is 0 Å². The van der Waals surface area contributed by atoms with Crippen molar-refractivity contribution in [2.45, 2.75) is 88.6 Å². The number of hydrogen-bond acceptors (Lipinski definition) is 4. The van der Waals surface area contributed by atoms with Crippen LogP contribution in [0, 0.1) is 0 Å². The van der Waals surface area contributed by atoms with Crippen LogP contribution in [0.15, 0.2) is 0 Å². The summed E-state index contributed by atoms with van der Waals surface area (Å²) >= 11 is 0. The van der Waals surface area contributed by atoms with Crippen LogP contribution in [0.5, 0.6) is 0 Å². The number of hydrogen-bond donors (Lipinski definition) is 0. The molecule has 3 aliphatic rings. The van der Waals surface area contributed by atoms with Gasteiger partial charge in [0.2, 0.25) is 0 Å². The van der Waals surface area contributed by atoms with Gasteiger partial charge in [0.15, 0.2) is 0 Å². The highest BCUT2D eigenvalue weighted by Gasteiger charge is 2.28. The molecule has 1 saturated heterocycles. The van der Waals surface area contributed by atoms with E-state index in [1.807, 2.05) is 0 Å². The number of ether oxygens (including phenoxy) is 4. The molecule has 0 aromatic carbocycles. The zero-order valence-electron chi connectivity index (χ0n) is 13.8. The van der Waals surface area contributed by atoms with Crippen molar-refractivity contribution in [2.24, 2.45) is 0 Å². The van der Waals surface area contributed by atoms with E-state index in [1.165, 1.54) is 25.7 Å². The minimum Gasteiger partial charge on any atom is -0.375 e. The van der Waals surface area contributed by atoms with Crippen LogP contribution in [0.1, 0.15) is 64.2 Å². The zero-order valence-corrected chi connectivity index (χ0v) is 13.8. The molecule has 0 spiro atoms. The first-order valence-electron chi connectivity index (χ1n) is 9.40. The molecule has 4 heteroatoms. The predicted octanol–water partition coefficient (Wildman–Crippen LogP) is 3.47. The van der Waals surface area contributed by atoms with Gasteiger partial charge in [0.1, 0.15) is 0 Å². The van der Waals surface area contributed by atoms with Crippen molar-refractivity contribution in [3.05, 3.63) is 0 Å². The molecule has 3 rings (SSSR count). The highest BCUT2D eigenvalue weighted by Crippen LogP contribution is 2.26. The Hall–Kier alpha value is -0.160. The molecule has 0 bridgehead atoms. The number of fused-ring (bicyclic) bond motifs is 2. The van der Waals surface area contributed by atoms with Gasteiger partial charge in [0.05, 0.1) is 24.4 Å². The summed E-state index contributed by atoms with van der Waals surface area (Å²) < 4.78 is 24.4. The lowest BCUT2D eigenvalue weighted by Crippen LogP contribution is -2.37. The lowest BCUT2D eigenvalue weighted by Gasteiger charge is -2.33. The molecule has 0 aromatic rings. The molecule has 0 unspecified atom stereocenters. The van der Waals surface area contributed by atoms with E-state index in [1.54, 1.807) is 0 Å². The van der Waals surface area contributed by atoms with E-state index in [0.29, 0.717) is 24.4 Å². The summed E-state index contributed by atoms with van der Waals surface area (Å²) in [6.07, 6.45) is 12.8. The monoisotopic (exact) mass is 312 g/mol. The average molecular weight is 312 g/mol. The maximum atomic E-state index is 6.09. The molecule has 0 radical (unpaired) electrons. The lowest BCUT2D eigenvalue weighted by molar-refractivity contribution is -0.123. The smallest absolute Gasteiger partial charge is 0.0836 e. The summed E-state index contributed by atoms with van der Waals surface area (Å²) in [5.74, 6) is 0. The van der Waals surface area contributed by atoms with E-state index in [4.69, 9.17) is 18.9 Å². The van der Waals surface area contributed by atoms with Gasteiger partial charge >= 0.3 is 0 Å². The molecule has 2 aliphatic carbocycles. The normalized spacial score (nSPS) is 39.3. The Morgan fingerprint density at radius 3 is 0.909 bits per heavy atom. The molecule has 1 aliphatic heterocycles. The van der Waals surface area contributed by atoms with Crippen LogP contribution in [0.4, 0.5) is 0 Å². The minimum atomic E-state index is 0.292. The zero-order chi connectivity index (χ0) is 15.0. The first-order chi connectivity index (χ1) is 10.9. The Morgan fingerprint density at radius 2 is 0.636 bits per heavy atom. The van der Waals surface area contributed by atoms with Gasteiger partial charge < -0.3 is 18.9 Å². The summed E-state index contributed by atoms with van der Waals surface area (Å²) in [7, 11) is 0. The second-order valence-electron chi connectivity index (χ2n) is 6.91. The summed E-state index contributed by atoms with van der Waals surface area (Å²) in [6.45, 7) is 3.18. The predicted molar refractivity (Wildman–Crippen MR) is 85.1 cm³/mol. The van der Waals surface area contributed by atoms with Crippen molar-refractivity contribution in [3.63, 3.8) is 0 Å². The van der Waals surface area contributed by atoms with Crippen LogP contribution in [0.2, 0.25) is 0 Å². The van der Waals surface area contributed by atoms with E-state index in [-0.39, 0.29) is 0 Å². The highest BCUT2D eigenvalue weighted by molar-refractivity contribution is 4.78. The van der Waals surface area contributed by atoms with E-state index in [9.17, 15) is 0 Å². The highest BCUT2D eigenvalue weighted by atomic mass is 16.6. The number of rotatable bonds is 0. The van der Waals surface area contributed by atoms with Crippen LogP contribution in [-0.2, 0) is 18.9 Å². The van der Waals surface area contributed by atoms with Gasteiger partial charge in [-0.25, -0.2) is 0 Å². The van der Waals surface area contributed by atoms with E-state index < -0.39 is 0 Å². The molecular weight excluding hydrogens is 280 g/mol. The molecule has 0 amide bonds. The van der Waals surface area contributed by atoms with Gasteiger partial charge in [0.25, 0.3) is 0 Å². The molecule has 128 valence electrons. The SMILES string of the molecule is C1CO[C@H]2CCCC[C@H]2OCCCO[C@@H]2CCCC[C@@H]2OC1. The summed E-state index contributed by atoms with van der Waals surface area (Å²) in [6, 6.07) is 0. The fourth-order valence-electron chi connectivity index (χ4n) is 3.94. The van der Waals surface area contributed by atoms with Crippen molar-refractivity contribution in [1.82, 2.24) is 0 Å². The molecule has 4 atom stereocenters. The lowest BCUT2D eigenvalue weighted by atomic mass is 9.94. The fourth-order valence-corrected chi connectivity index (χ4v) is 3.94. The minimum absolute atomic E-state index is 0.292.